The fourth-order valence-electron chi connectivity index (χ4n) is 2.48. The van der Waals surface area contributed by atoms with Gasteiger partial charge in [0.2, 0.25) is 11.1 Å². The van der Waals surface area contributed by atoms with Crippen LogP contribution in [0, 0.1) is 6.92 Å². The van der Waals surface area contributed by atoms with Crippen molar-refractivity contribution in [1.29, 1.82) is 0 Å². The first kappa shape index (κ1) is 20.0. The van der Waals surface area contributed by atoms with Crippen LogP contribution in [0.15, 0.2) is 47.6 Å². The lowest BCUT2D eigenvalue weighted by Crippen LogP contribution is -2.17. The smallest absolute Gasteiger partial charge is 0.234 e. The molecule has 146 valence electrons. The number of thioether (sulfide) groups is 1. The Balaban J connectivity index is 1.64. The Morgan fingerprint density at radius 3 is 2.71 bits per heavy atom. The van der Waals surface area contributed by atoms with Gasteiger partial charge in [0.15, 0.2) is 5.82 Å². The van der Waals surface area contributed by atoms with Crippen LogP contribution in [0.5, 0.6) is 5.75 Å². The number of hydrogen-bond donors (Lipinski definition) is 2. The second kappa shape index (κ2) is 8.99. The molecule has 1 amide bonds. The minimum absolute atomic E-state index is 0.143. The average Bonchev–Trinajstić information content (AvgIpc) is 3.04. The molecule has 9 heteroatoms. The Morgan fingerprint density at radius 2 is 2.00 bits per heavy atom. The van der Waals surface area contributed by atoms with E-state index < -0.39 is 0 Å². The topological polar surface area (TPSA) is 95.1 Å². The summed E-state index contributed by atoms with van der Waals surface area (Å²) in [5, 5.41) is 12.1. The van der Waals surface area contributed by atoms with Crippen molar-refractivity contribution in [3.05, 3.63) is 53.1 Å². The maximum absolute atomic E-state index is 12.2. The molecule has 0 atom stereocenters. The van der Waals surface area contributed by atoms with E-state index in [-0.39, 0.29) is 11.7 Å². The van der Waals surface area contributed by atoms with E-state index in [2.05, 4.69) is 15.5 Å². The van der Waals surface area contributed by atoms with E-state index in [1.807, 2.05) is 44.2 Å². The highest BCUT2D eigenvalue weighted by molar-refractivity contribution is 7.99. The van der Waals surface area contributed by atoms with Crippen LogP contribution in [-0.4, -0.2) is 33.1 Å². The second-order valence-corrected chi connectivity index (χ2v) is 7.31. The predicted octanol–water partition coefficient (Wildman–Crippen LogP) is 3.75. The first-order valence-corrected chi connectivity index (χ1v) is 9.96. The molecule has 0 saturated heterocycles. The lowest BCUT2D eigenvalue weighted by Gasteiger charge is -2.08. The quantitative estimate of drug-likeness (QED) is 0.449. The zero-order valence-corrected chi connectivity index (χ0v) is 17.0. The van der Waals surface area contributed by atoms with E-state index in [0.29, 0.717) is 28.3 Å². The molecule has 3 aromatic rings. The molecule has 0 aliphatic heterocycles. The zero-order valence-electron chi connectivity index (χ0n) is 15.5. The molecule has 0 radical (unpaired) electrons. The Labute approximate surface area is 172 Å². The number of hydrogen-bond acceptors (Lipinski definition) is 6. The molecule has 3 N–H and O–H groups in total. The minimum Gasteiger partial charge on any atom is -0.494 e. The van der Waals surface area contributed by atoms with Crippen LogP contribution >= 0.6 is 23.4 Å². The van der Waals surface area contributed by atoms with E-state index in [9.17, 15) is 4.79 Å². The summed E-state index contributed by atoms with van der Waals surface area (Å²) < 4.78 is 6.80. The van der Waals surface area contributed by atoms with Crippen molar-refractivity contribution in [2.75, 3.05) is 23.5 Å². The average molecular weight is 418 g/mol. The summed E-state index contributed by atoms with van der Waals surface area (Å²) in [7, 11) is 0. The van der Waals surface area contributed by atoms with Crippen LogP contribution in [0.3, 0.4) is 0 Å². The molecule has 1 aromatic heterocycles. The van der Waals surface area contributed by atoms with Gasteiger partial charge in [0.05, 0.1) is 12.4 Å². The molecule has 3 rings (SSSR count). The van der Waals surface area contributed by atoms with E-state index in [1.54, 1.807) is 12.1 Å². The molecular weight excluding hydrogens is 398 g/mol. The van der Waals surface area contributed by atoms with Crippen LogP contribution in [0.25, 0.3) is 11.4 Å². The molecule has 0 fully saturated rings. The van der Waals surface area contributed by atoms with Crippen molar-refractivity contribution >= 4 is 35.0 Å². The predicted molar refractivity (Wildman–Crippen MR) is 112 cm³/mol. The Hall–Kier alpha value is -2.71. The summed E-state index contributed by atoms with van der Waals surface area (Å²) in [6.45, 7) is 4.43. The number of rotatable bonds is 7. The number of halogens is 1. The van der Waals surface area contributed by atoms with Crippen molar-refractivity contribution in [3.63, 3.8) is 0 Å². The summed E-state index contributed by atoms with van der Waals surface area (Å²) >= 11 is 7.19. The van der Waals surface area contributed by atoms with Gasteiger partial charge in [0.25, 0.3) is 0 Å². The summed E-state index contributed by atoms with van der Waals surface area (Å²) in [6.07, 6.45) is 0. The molecule has 0 spiro atoms. The van der Waals surface area contributed by atoms with Crippen LogP contribution in [-0.2, 0) is 4.79 Å². The van der Waals surface area contributed by atoms with Crippen molar-refractivity contribution < 1.29 is 9.53 Å². The zero-order chi connectivity index (χ0) is 20.1. The van der Waals surface area contributed by atoms with Crippen molar-refractivity contribution in [2.45, 2.75) is 19.0 Å². The number of nitrogens with one attached hydrogen (secondary N) is 1. The number of anilines is 1. The highest BCUT2D eigenvalue weighted by Crippen LogP contribution is 2.24. The number of benzene rings is 2. The fraction of sp³-hybridized carbons (Fsp3) is 0.211. The number of nitrogens with zero attached hydrogens (tertiary/aromatic N) is 3. The largest absolute Gasteiger partial charge is 0.494 e. The van der Waals surface area contributed by atoms with Crippen LogP contribution < -0.4 is 15.9 Å². The Morgan fingerprint density at radius 1 is 1.25 bits per heavy atom. The molecule has 2 aromatic carbocycles. The normalized spacial score (nSPS) is 10.7. The molecule has 0 saturated carbocycles. The van der Waals surface area contributed by atoms with Crippen LogP contribution in [0.1, 0.15) is 12.5 Å². The van der Waals surface area contributed by atoms with Gasteiger partial charge in [-0.2, -0.15) is 0 Å². The van der Waals surface area contributed by atoms with Gasteiger partial charge >= 0.3 is 0 Å². The van der Waals surface area contributed by atoms with Crippen LogP contribution in [0.2, 0.25) is 5.02 Å². The number of ether oxygens (including phenoxy) is 1. The Bertz CT molecular complexity index is 975. The number of aryl methyl sites for hydroxylation is 1. The maximum atomic E-state index is 12.2. The summed E-state index contributed by atoms with van der Waals surface area (Å²) in [5.41, 5.74) is 2.43. The van der Waals surface area contributed by atoms with Gasteiger partial charge in [-0.3, -0.25) is 4.79 Å². The first-order valence-electron chi connectivity index (χ1n) is 8.60. The lowest BCUT2D eigenvalue weighted by atomic mass is 10.2. The van der Waals surface area contributed by atoms with E-state index in [4.69, 9.17) is 22.2 Å². The standard InChI is InChI=1S/C19H20ClN5O2S/c1-3-27-15-8-5-13(6-9-15)18-23-24-19(25(18)21)28-11-17(26)22-16-10-14(20)7-4-12(16)2/h4-10H,3,11,21H2,1-2H3,(H,22,26). The van der Waals surface area contributed by atoms with Gasteiger partial charge in [-0.15, -0.1) is 10.2 Å². The highest BCUT2D eigenvalue weighted by Gasteiger charge is 2.14. The summed E-state index contributed by atoms with van der Waals surface area (Å²) in [4.78, 5) is 12.2. The number of carbonyl (C=O) groups excluding carboxylic acids is 1. The SMILES string of the molecule is CCOc1ccc(-c2nnc(SCC(=O)Nc3cc(Cl)ccc3C)n2N)cc1. The van der Waals surface area contributed by atoms with Gasteiger partial charge in [-0.25, -0.2) is 4.68 Å². The third-order valence-corrected chi connectivity index (χ3v) is 5.07. The monoisotopic (exact) mass is 417 g/mol. The number of aromatic nitrogens is 3. The molecule has 0 unspecified atom stereocenters. The van der Waals surface area contributed by atoms with Crippen molar-refractivity contribution in [3.8, 4) is 17.1 Å². The van der Waals surface area contributed by atoms with E-state index >= 15 is 0 Å². The van der Waals surface area contributed by atoms with Gasteiger partial charge in [-0.1, -0.05) is 29.4 Å². The number of amides is 1. The van der Waals surface area contributed by atoms with E-state index in [0.717, 1.165) is 16.9 Å². The summed E-state index contributed by atoms with van der Waals surface area (Å²) in [6, 6.07) is 12.8. The lowest BCUT2D eigenvalue weighted by molar-refractivity contribution is -0.113. The van der Waals surface area contributed by atoms with Gasteiger partial charge in [0, 0.05) is 16.3 Å². The van der Waals surface area contributed by atoms with Gasteiger partial charge in [-0.05, 0) is 55.8 Å². The van der Waals surface area contributed by atoms with Crippen molar-refractivity contribution in [2.24, 2.45) is 0 Å². The van der Waals surface area contributed by atoms with Gasteiger partial charge < -0.3 is 15.9 Å². The third kappa shape index (κ3) is 4.76. The number of carbonyl (C=O) groups is 1. The Kier molecular flexibility index (Phi) is 6.43. The minimum atomic E-state index is -0.180. The van der Waals surface area contributed by atoms with Crippen LogP contribution in [0.4, 0.5) is 5.69 Å². The fourth-order valence-corrected chi connectivity index (χ4v) is 3.31. The third-order valence-electron chi connectivity index (χ3n) is 3.89. The first-order chi connectivity index (χ1) is 13.5. The molecule has 0 aliphatic rings. The molecule has 0 aliphatic carbocycles. The molecular formula is C19H20ClN5O2S. The van der Waals surface area contributed by atoms with Crippen molar-refractivity contribution in [1.82, 2.24) is 14.9 Å². The molecule has 7 nitrogen and oxygen atoms in total. The van der Waals surface area contributed by atoms with Gasteiger partial charge in [0.1, 0.15) is 5.75 Å². The number of nitrogen functional groups attached to an aromatic ring is 1. The van der Waals surface area contributed by atoms with E-state index in [1.165, 1.54) is 16.4 Å². The second-order valence-electron chi connectivity index (χ2n) is 5.93. The maximum Gasteiger partial charge on any atom is 0.234 e. The number of nitrogens with two attached hydrogens (primary N) is 1. The highest BCUT2D eigenvalue weighted by atomic mass is 35.5. The molecule has 0 bridgehead atoms. The molecule has 1 heterocycles. The summed E-state index contributed by atoms with van der Waals surface area (Å²) in [5.74, 6) is 7.35. The molecule has 28 heavy (non-hydrogen) atoms.